The summed E-state index contributed by atoms with van der Waals surface area (Å²) in [5.74, 6) is 0.289. The van der Waals surface area contributed by atoms with E-state index in [0.717, 1.165) is 12.1 Å². The van der Waals surface area contributed by atoms with E-state index in [2.05, 4.69) is 15.6 Å². The number of nitrogens with zero attached hydrogens (tertiary/aromatic N) is 3. The number of carbonyl (C=O) groups is 2. The van der Waals surface area contributed by atoms with Gasteiger partial charge in [-0.2, -0.15) is 0 Å². The third kappa shape index (κ3) is 8.44. The Morgan fingerprint density at radius 3 is 2.65 bits per heavy atom. The molecule has 0 atom stereocenters. The summed E-state index contributed by atoms with van der Waals surface area (Å²) in [6, 6.07) is 0.112. The van der Waals surface area contributed by atoms with Gasteiger partial charge in [0.25, 0.3) is 0 Å². The molecule has 0 saturated carbocycles. The zero-order valence-electron chi connectivity index (χ0n) is 14.5. The second-order valence-corrected chi connectivity index (χ2v) is 6.22. The molecule has 23 heavy (non-hydrogen) atoms. The van der Waals surface area contributed by atoms with Crippen LogP contribution in [0, 0.1) is 5.92 Å². The first kappa shape index (κ1) is 19.3. The van der Waals surface area contributed by atoms with Crippen molar-refractivity contribution in [3.63, 3.8) is 0 Å². The lowest BCUT2D eigenvalue weighted by Crippen LogP contribution is -2.33. The van der Waals surface area contributed by atoms with Gasteiger partial charge >= 0.3 is 0 Å². The van der Waals surface area contributed by atoms with Crippen molar-refractivity contribution >= 4 is 11.7 Å². The highest BCUT2D eigenvalue weighted by Crippen LogP contribution is 2.02. The third-order valence-corrected chi connectivity index (χ3v) is 3.20. The molecule has 0 spiro atoms. The van der Waals surface area contributed by atoms with Gasteiger partial charge in [-0.25, -0.2) is 4.68 Å². The van der Waals surface area contributed by atoms with E-state index in [4.69, 9.17) is 4.74 Å². The maximum atomic E-state index is 11.6. The third-order valence-electron chi connectivity index (χ3n) is 3.20. The summed E-state index contributed by atoms with van der Waals surface area (Å²) in [5, 5.41) is 10.7. The smallest absolute Gasteiger partial charge is 0.241 e. The predicted molar refractivity (Wildman–Crippen MR) is 86.9 cm³/mol. The maximum absolute atomic E-state index is 11.6. The molecule has 1 N–H and O–H groups in total. The van der Waals surface area contributed by atoms with E-state index < -0.39 is 0 Å². The maximum Gasteiger partial charge on any atom is 0.241 e. The van der Waals surface area contributed by atoms with Crippen LogP contribution in [-0.4, -0.2) is 45.9 Å². The fraction of sp³-hybridized carbons (Fsp3) is 0.750. The van der Waals surface area contributed by atoms with Crippen LogP contribution in [0.3, 0.4) is 0 Å². The molecule has 0 aliphatic carbocycles. The number of rotatable bonds is 11. The highest BCUT2D eigenvalue weighted by atomic mass is 16.5. The van der Waals surface area contributed by atoms with E-state index in [1.54, 1.807) is 6.20 Å². The van der Waals surface area contributed by atoms with Gasteiger partial charge in [0.2, 0.25) is 5.91 Å². The van der Waals surface area contributed by atoms with Gasteiger partial charge in [0.1, 0.15) is 12.3 Å². The summed E-state index contributed by atoms with van der Waals surface area (Å²) < 4.78 is 7.02. The fourth-order valence-electron chi connectivity index (χ4n) is 1.96. The molecule has 0 radical (unpaired) electrons. The van der Waals surface area contributed by atoms with Gasteiger partial charge in [0, 0.05) is 37.6 Å². The Hall–Kier alpha value is -1.76. The van der Waals surface area contributed by atoms with Gasteiger partial charge in [-0.3, -0.25) is 9.59 Å². The van der Waals surface area contributed by atoms with E-state index in [9.17, 15) is 9.59 Å². The highest BCUT2D eigenvalue weighted by Gasteiger charge is 2.08. The van der Waals surface area contributed by atoms with Gasteiger partial charge in [-0.15, -0.1) is 5.10 Å². The summed E-state index contributed by atoms with van der Waals surface area (Å²) in [7, 11) is 0. The molecule has 1 heterocycles. The summed E-state index contributed by atoms with van der Waals surface area (Å²) in [6.07, 6.45) is 3.72. The molecule has 1 aromatic heterocycles. The minimum Gasteiger partial charge on any atom is -0.381 e. The van der Waals surface area contributed by atoms with Crippen molar-refractivity contribution in [3.05, 3.63) is 11.9 Å². The number of hydrogen-bond acceptors (Lipinski definition) is 5. The zero-order chi connectivity index (χ0) is 17.2. The molecule has 130 valence electrons. The number of carbonyl (C=O) groups excluding carboxylic acids is 2. The molecule has 1 rings (SSSR count). The molecular formula is C16H28N4O3. The van der Waals surface area contributed by atoms with Crippen molar-refractivity contribution in [1.29, 1.82) is 0 Å². The average Bonchev–Trinajstić information content (AvgIpc) is 2.88. The van der Waals surface area contributed by atoms with Crippen LogP contribution in [0.4, 0.5) is 0 Å². The standard InChI is InChI=1S/C16H28N4O3/c1-12(2)15(21)6-5-8-23-9-7-14-10-20(19-18-14)11-16(22)17-13(3)4/h10,12-13H,5-9,11H2,1-4H3,(H,17,22). The molecule has 1 aromatic rings. The molecule has 0 fully saturated rings. The Labute approximate surface area is 137 Å². The molecule has 0 unspecified atom stereocenters. The van der Waals surface area contributed by atoms with Crippen LogP contribution in [0.25, 0.3) is 0 Å². The molecule has 0 saturated heterocycles. The minimum absolute atomic E-state index is 0.0810. The first-order valence-electron chi connectivity index (χ1n) is 8.17. The molecule has 0 aliphatic rings. The topological polar surface area (TPSA) is 86.1 Å². The minimum atomic E-state index is -0.0810. The lowest BCUT2D eigenvalue weighted by molar-refractivity contribution is -0.123. The number of aromatic nitrogens is 3. The van der Waals surface area contributed by atoms with Crippen molar-refractivity contribution in [3.8, 4) is 0 Å². The number of Topliss-reactive ketones (excluding diaryl/α,β-unsaturated/α-hetero) is 1. The van der Waals surface area contributed by atoms with Crippen LogP contribution in [-0.2, 0) is 27.3 Å². The Bertz CT molecular complexity index is 497. The van der Waals surface area contributed by atoms with Crippen LogP contribution in [0.2, 0.25) is 0 Å². The molecule has 0 bridgehead atoms. The molecule has 0 aliphatic heterocycles. The van der Waals surface area contributed by atoms with Crippen molar-refractivity contribution < 1.29 is 14.3 Å². The molecule has 7 heteroatoms. The lowest BCUT2D eigenvalue weighted by Gasteiger charge is -2.07. The second-order valence-electron chi connectivity index (χ2n) is 6.22. The first-order chi connectivity index (χ1) is 10.9. The van der Waals surface area contributed by atoms with E-state index in [1.807, 2.05) is 27.7 Å². The quantitative estimate of drug-likeness (QED) is 0.621. The number of ether oxygens (including phenoxy) is 1. The largest absolute Gasteiger partial charge is 0.381 e. The van der Waals surface area contributed by atoms with Crippen LogP contribution < -0.4 is 5.32 Å². The molecule has 1 amide bonds. The van der Waals surface area contributed by atoms with E-state index in [-0.39, 0.29) is 30.2 Å². The SMILES string of the molecule is CC(C)NC(=O)Cn1cc(CCOCCCC(=O)C(C)C)nn1. The number of ketones is 1. The van der Waals surface area contributed by atoms with Gasteiger partial charge in [0.15, 0.2) is 0 Å². The van der Waals surface area contributed by atoms with Crippen molar-refractivity contribution in [1.82, 2.24) is 20.3 Å². The summed E-state index contributed by atoms with van der Waals surface area (Å²) in [6.45, 7) is 8.93. The summed E-state index contributed by atoms with van der Waals surface area (Å²) in [4.78, 5) is 23.1. The van der Waals surface area contributed by atoms with Gasteiger partial charge in [-0.05, 0) is 20.3 Å². The number of hydrogen-bond donors (Lipinski definition) is 1. The van der Waals surface area contributed by atoms with Crippen LogP contribution in [0.5, 0.6) is 0 Å². The predicted octanol–water partition coefficient (Wildman–Crippen LogP) is 1.37. The Morgan fingerprint density at radius 1 is 1.26 bits per heavy atom. The Morgan fingerprint density at radius 2 is 2.00 bits per heavy atom. The fourth-order valence-corrected chi connectivity index (χ4v) is 1.96. The highest BCUT2D eigenvalue weighted by molar-refractivity contribution is 5.80. The van der Waals surface area contributed by atoms with Gasteiger partial charge < -0.3 is 10.1 Å². The summed E-state index contributed by atoms with van der Waals surface area (Å²) in [5.41, 5.74) is 0.792. The van der Waals surface area contributed by atoms with Gasteiger partial charge in [0.05, 0.1) is 12.3 Å². The molecule has 7 nitrogen and oxygen atoms in total. The Kier molecular flexibility index (Phi) is 8.47. The van der Waals surface area contributed by atoms with Crippen LogP contribution in [0.1, 0.15) is 46.2 Å². The van der Waals surface area contributed by atoms with E-state index >= 15 is 0 Å². The lowest BCUT2D eigenvalue weighted by atomic mass is 10.1. The Balaban J connectivity index is 2.17. The second kappa shape index (κ2) is 10.1. The number of amides is 1. The molecule has 0 aromatic carbocycles. The molecular weight excluding hydrogens is 296 g/mol. The zero-order valence-corrected chi connectivity index (χ0v) is 14.5. The van der Waals surface area contributed by atoms with Crippen molar-refractivity contribution in [2.45, 2.75) is 59.5 Å². The monoisotopic (exact) mass is 324 g/mol. The first-order valence-corrected chi connectivity index (χ1v) is 8.17. The van der Waals surface area contributed by atoms with Crippen LogP contribution in [0.15, 0.2) is 6.20 Å². The average molecular weight is 324 g/mol. The van der Waals surface area contributed by atoms with Crippen molar-refractivity contribution in [2.24, 2.45) is 5.92 Å². The van der Waals surface area contributed by atoms with Gasteiger partial charge in [-0.1, -0.05) is 19.1 Å². The normalized spacial score (nSPS) is 11.2. The van der Waals surface area contributed by atoms with E-state index in [0.29, 0.717) is 26.1 Å². The number of nitrogens with one attached hydrogen (secondary N) is 1. The van der Waals surface area contributed by atoms with E-state index in [1.165, 1.54) is 4.68 Å². The summed E-state index contributed by atoms with van der Waals surface area (Å²) >= 11 is 0. The van der Waals surface area contributed by atoms with Crippen LogP contribution >= 0.6 is 0 Å². The van der Waals surface area contributed by atoms with Crippen molar-refractivity contribution in [2.75, 3.05) is 13.2 Å².